The molecule has 0 bridgehead atoms. The van der Waals surface area contributed by atoms with Gasteiger partial charge in [0.25, 0.3) is 0 Å². The predicted molar refractivity (Wildman–Crippen MR) is 93.3 cm³/mol. The van der Waals surface area contributed by atoms with Crippen molar-refractivity contribution in [1.29, 1.82) is 0 Å². The zero-order chi connectivity index (χ0) is 15.6. The van der Waals surface area contributed by atoms with Crippen molar-refractivity contribution in [3.8, 4) is 0 Å². The Morgan fingerprint density at radius 3 is 2.10 bits per heavy atom. The Kier molecular flexibility index (Phi) is 10.3. The summed E-state index contributed by atoms with van der Waals surface area (Å²) in [6.07, 6.45) is 10.3. The average molecular weight is 282 g/mol. The lowest BCUT2D eigenvalue weighted by molar-refractivity contribution is 0.0916. The minimum atomic E-state index is 0.395. The van der Waals surface area contributed by atoms with Crippen molar-refractivity contribution in [1.82, 2.24) is 4.90 Å². The predicted octanol–water partition coefficient (Wildman–Crippen LogP) is 6.05. The molecule has 0 aliphatic carbocycles. The van der Waals surface area contributed by atoms with Crippen molar-refractivity contribution in [3.63, 3.8) is 0 Å². The average Bonchev–Trinajstić information content (AvgIpc) is 2.39. The summed E-state index contributed by atoms with van der Waals surface area (Å²) in [4.78, 5) is 2.68. The van der Waals surface area contributed by atoms with E-state index in [1.165, 1.54) is 57.2 Å². The largest absolute Gasteiger partial charge is 0.298 e. The lowest BCUT2D eigenvalue weighted by atomic mass is 9.85. The van der Waals surface area contributed by atoms with Gasteiger partial charge in [-0.15, -0.1) is 0 Å². The molecule has 0 amide bonds. The molecule has 0 aliphatic heterocycles. The fraction of sp³-hybridized carbons (Fsp3) is 0.895. The number of allylic oxidation sites excluding steroid dienone is 2. The van der Waals surface area contributed by atoms with Gasteiger partial charge in [-0.05, 0) is 65.5 Å². The number of hydrogen-bond donors (Lipinski definition) is 0. The molecule has 0 aromatic carbocycles. The topological polar surface area (TPSA) is 3.24 Å². The second-order valence-electron chi connectivity index (χ2n) is 6.94. The highest BCUT2D eigenvalue weighted by atomic mass is 15.2. The van der Waals surface area contributed by atoms with Gasteiger partial charge in [0.05, 0.1) is 0 Å². The van der Waals surface area contributed by atoms with Gasteiger partial charge in [0, 0.05) is 5.54 Å². The van der Waals surface area contributed by atoms with Crippen molar-refractivity contribution < 1.29 is 0 Å². The molecule has 120 valence electrons. The standard InChI is InChI=1S/C19H39N/c1-8-18(6)14-12-16-19(7,20(9-2)10-3)15-11-13-17(4)5/h8,17H,9-16H2,1-7H3/t19-/m1/s1. The van der Waals surface area contributed by atoms with E-state index in [2.05, 4.69) is 59.4 Å². The van der Waals surface area contributed by atoms with Crippen LogP contribution in [0.25, 0.3) is 0 Å². The molecule has 0 heterocycles. The van der Waals surface area contributed by atoms with Crippen LogP contribution in [0, 0.1) is 5.92 Å². The van der Waals surface area contributed by atoms with Gasteiger partial charge in [-0.25, -0.2) is 0 Å². The highest BCUT2D eigenvalue weighted by Gasteiger charge is 2.28. The quantitative estimate of drug-likeness (QED) is 0.417. The molecule has 0 rings (SSSR count). The zero-order valence-electron chi connectivity index (χ0n) is 15.3. The van der Waals surface area contributed by atoms with Gasteiger partial charge >= 0.3 is 0 Å². The van der Waals surface area contributed by atoms with Crippen LogP contribution in [0.1, 0.15) is 87.0 Å². The maximum Gasteiger partial charge on any atom is 0.0181 e. The van der Waals surface area contributed by atoms with Crippen LogP contribution in [-0.2, 0) is 0 Å². The SMILES string of the molecule is CC=C(C)CCC[C@@](C)(CCCC(C)C)N(CC)CC. The summed E-state index contributed by atoms with van der Waals surface area (Å²) in [5, 5.41) is 0. The highest BCUT2D eigenvalue weighted by Crippen LogP contribution is 2.29. The maximum atomic E-state index is 2.68. The molecule has 1 nitrogen and oxygen atoms in total. The Balaban J connectivity index is 4.52. The molecule has 1 heteroatoms. The molecule has 0 spiro atoms. The van der Waals surface area contributed by atoms with E-state index in [1.807, 2.05) is 0 Å². The van der Waals surface area contributed by atoms with Crippen LogP contribution in [0.4, 0.5) is 0 Å². The molecule has 0 N–H and O–H groups in total. The van der Waals surface area contributed by atoms with Crippen molar-refractivity contribution in [2.75, 3.05) is 13.1 Å². The van der Waals surface area contributed by atoms with E-state index >= 15 is 0 Å². The van der Waals surface area contributed by atoms with E-state index in [4.69, 9.17) is 0 Å². The van der Waals surface area contributed by atoms with Gasteiger partial charge in [0.2, 0.25) is 0 Å². The Hall–Kier alpha value is -0.300. The number of nitrogens with zero attached hydrogens (tertiary/aromatic N) is 1. The minimum Gasteiger partial charge on any atom is -0.298 e. The Morgan fingerprint density at radius 1 is 1.10 bits per heavy atom. The molecule has 0 aromatic rings. The van der Waals surface area contributed by atoms with E-state index < -0.39 is 0 Å². The van der Waals surface area contributed by atoms with Gasteiger partial charge in [-0.3, -0.25) is 4.90 Å². The van der Waals surface area contributed by atoms with Crippen molar-refractivity contribution >= 4 is 0 Å². The fourth-order valence-electron chi connectivity index (χ4n) is 3.21. The third kappa shape index (κ3) is 7.47. The molecule has 1 atom stereocenters. The first-order valence-electron chi connectivity index (χ1n) is 8.76. The number of hydrogen-bond acceptors (Lipinski definition) is 1. The molecule has 0 saturated carbocycles. The third-order valence-corrected chi connectivity index (χ3v) is 4.80. The minimum absolute atomic E-state index is 0.395. The van der Waals surface area contributed by atoms with Crippen LogP contribution >= 0.6 is 0 Å². The van der Waals surface area contributed by atoms with E-state index in [-0.39, 0.29) is 0 Å². The van der Waals surface area contributed by atoms with E-state index in [1.54, 1.807) is 0 Å². The molecule has 0 radical (unpaired) electrons. The molecule has 0 saturated heterocycles. The second kappa shape index (κ2) is 10.4. The van der Waals surface area contributed by atoms with E-state index in [9.17, 15) is 0 Å². The van der Waals surface area contributed by atoms with Crippen LogP contribution in [-0.4, -0.2) is 23.5 Å². The first kappa shape index (κ1) is 19.7. The summed E-state index contributed by atoms with van der Waals surface area (Å²) in [6, 6.07) is 0. The van der Waals surface area contributed by atoms with Gasteiger partial charge in [0.15, 0.2) is 0 Å². The molecule has 0 aromatic heterocycles. The highest BCUT2D eigenvalue weighted by molar-refractivity contribution is 4.96. The van der Waals surface area contributed by atoms with Crippen LogP contribution in [0.5, 0.6) is 0 Å². The maximum absolute atomic E-state index is 2.68. The zero-order valence-corrected chi connectivity index (χ0v) is 15.3. The van der Waals surface area contributed by atoms with Crippen LogP contribution < -0.4 is 0 Å². The summed E-state index contributed by atoms with van der Waals surface area (Å²) in [5.74, 6) is 0.834. The Morgan fingerprint density at radius 2 is 1.65 bits per heavy atom. The molecule has 20 heavy (non-hydrogen) atoms. The summed E-state index contributed by atoms with van der Waals surface area (Å²) in [6.45, 7) is 18.5. The summed E-state index contributed by atoms with van der Waals surface area (Å²) in [7, 11) is 0. The molecular formula is C19H39N. The normalized spacial score (nSPS) is 15.9. The lowest BCUT2D eigenvalue weighted by Gasteiger charge is -2.41. The first-order chi connectivity index (χ1) is 9.39. The van der Waals surface area contributed by atoms with E-state index in [0.29, 0.717) is 5.54 Å². The molecule has 0 unspecified atom stereocenters. The molecule has 0 fully saturated rings. The Bertz CT molecular complexity index is 263. The fourth-order valence-corrected chi connectivity index (χ4v) is 3.21. The van der Waals surface area contributed by atoms with Gasteiger partial charge in [-0.2, -0.15) is 0 Å². The third-order valence-electron chi connectivity index (χ3n) is 4.80. The van der Waals surface area contributed by atoms with E-state index in [0.717, 1.165) is 5.92 Å². The van der Waals surface area contributed by atoms with Crippen LogP contribution in [0.3, 0.4) is 0 Å². The molecular weight excluding hydrogens is 242 g/mol. The van der Waals surface area contributed by atoms with Crippen molar-refractivity contribution in [2.45, 2.75) is 92.5 Å². The number of rotatable bonds is 11. The van der Waals surface area contributed by atoms with Crippen LogP contribution in [0.2, 0.25) is 0 Å². The van der Waals surface area contributed by atoms with Crippen molar-refractivity contribution in [2.24, 2.45) is 5.92 Å². The second-order valence-corrected chi connectivity index (χ2v) is 6.94. The lowest BCUT2D eigenvalue weighted by Crippen LogP contribution is -2.46. The summed E-state index contributed by atoms with van der Waals surface area (Å²) >= 11 is 0. The van der Waals surface area contributed by atoms with Crippen LogP contribution in [0.15, 0.2) is 11.6 Å². The monoisotopic (exact) mass is 281 g/mol. The summed E-state index contributed by atoms with van der Waals surface area (Å²) in [5.41, 5.74) is 1.93. The first-order valence-corrected chi connectivity index (χ1v) is 8.76. The summed E-state index contributed by atoms with van der Waals surface area (Å²) < 4.78 is 0. The van der Waals surface area contributed by atoms with Gasteiger partial charge in [0.1, 0.15) is 0 Å². The Labute approximate surface area is 128 Å². The molecule has 0 aliphatic rings. The van der Waals surface area contributed by atoms with Gasteiger partial charge in [-0.1, -0.05) is 52.2 Å². The smallest absolute Gasteiger partial charge is 0.0181 e. The van der Waals surface area contributed by atoms with Crippen molar-refractivity contribution in [3.05, 3.63) is 11.6 Å². The van der Waals surface area contributed by atoms with Gasteiger partial charge < -0.3 is 0 Å².